The molecule has 21 heavy (non-hydrogen) atoms. The fourth-order valence-corrected chi connectivity index (χ4v) is 2.50. The summed E-state index contributed by atoms with van der Waals surface area (Å²) in [6.07, 6.45) is 2.81. The maximum Gasteiger partial charge on any atom is 0.193 e. The molecular formula is C15H25N3O2S. The van der Waals surface area contributed by atoms with E-state index in [4.69, 9.17) is 5.73 Å². The van der Waals surface area contributed by atoms with Gasteiger partial charge in [0.25, 0.3) is 0 Å². The fraction of sp³-hybridized carbons (Fsp3) is 0.533. The van der Waals surface area contributed by atoms with Crippen LogP contribution in [0.4, 0.5) is 5.69 Å². The second kappa shape index (κ2) is 8.02. The highest BCUT2D eigenvalue weighted by Gasteiger charge is 2.03. The summed E-state index contributed by atoms with van der Waals surface area (Å²) in [5.74, 6) is 0.980. The maximum atomic E-state index is 11.0. The molecule has 1 atom stereocenters. The second-order valence-corrected chi connectivity index (χ2v) is 7.57. The van der Waals surface area contributed by atoms with Gasteiger partial charge in [-0.25, -0.2) is 8.42 Å². The van der Waals surface area contributed by atoms with Crippen molar-refractivity contribution in [3.8, 4) is 0 Å². The summed E-state index contributed by atoms with van der Waals surface area (Å²) in [6, 6.07) is 8.10. The van der Waals surface area contributed by atoms with E-state index in [1.165, 1.54) is 11.8 Å². The van der Waals surface area contributed by atoms with Gasteiger partial charge >= 0.3 is 0 Å². The van der Waals surface area contributed by atoms with Crippen LogP contribution in [0.25, 0.3) is 0 Å². The van der Waals surface area contributed by atoms with Crippen LogP contribution in [0.2, 0.25) is 0 Å². The van der Waals surface area contributed by atoms with Crippen molar-refractivity contribution < 1.29 is 8.42 Å². The van der Waals surface area contributed by atoms with Crippen molar-refractivity contribution in [2.24, 2.45) is 10.7 Å². The third-order valence-electron chi connectivity index (χ3n) is 3.32. The van der Waals surface area contributed by atoms with E-state index in [-0.39, 0.29) is 5.75 Å². The Hall–Kier alpha value is -1.56. The minimum absolute atomic E-state index is 0.132. The Morgan fingerprint density at radius 1 is 1.33 bits per heavy atom. The van der Waals surface area contributed by atoms with Crippen LogP contribution in [-0.4, -0.2) is 32.9 Å². The van der Waals surface area contributed by atoms with Crippen molar-refractivity contribution in [3.63, 3.8) is 0 Å². The summed E-state index contributed by atoms with van der Waals surface area (Å²) in [6.45, 7) is 4.76. The molecule has 0 saturated carbocycles. The van der Waals surface area contributed by atoms with Gasteiger partial charge in [0.15, 0.2) is 5.96 Å². The summed E-state index contributed by atoms with van der Waals surface area (Å²) >= 11 is 0. The standard InChI is InChI=1S/C15H25N3O2S/c1-4-12(2)13-6-8-14(9-7-13)18-15(16)17-10-5-11-21(3,19)20/h6-9,12H,4-5,10-11H2,1-3H3,(H3,16,17,18). The van der Waals surface area contributed by atoms with E-state index in [1.54, 1.807) is 0 Å². The van der Waals surface area contributed by atoms with Gasteiger partial charge in [-0.05, 0) is 36.5 Å². The normalized spacial score (nSPS) is 14.0. The van der Waals surface area contributed by atoms with E-state index < -0.39 is 9.84 Å². The van der Waals surface area contributed by atoms with Gasteiger partial charge in [-0.3, -0.25) is 4.99 Å². The van der Waals surface area contributed by atoms with Gasteiger partial charge in [-0.2, -0.15) is 0 Å². The van der Waals surface area contributed by atoms with Crippen LogP contribution in [0, 0.1) is 0 Å². The van der Waals surface area contributed by atoms with Gasteiger partial charge in [0, 0.05) is 18.5 Å². The first-order chi connectivity index (χ1) is 9.81. The molecule has 1 rings (SSSR count). The zero-order valence-electron chi connectivity index (χ0n) is 13.0. The molecule has 0 spiro atoms. The molecule has 0 heterocycles. The number of rotatable bonds is 7. The Labute approximate surface area is 127 Å². The van der Waals surface area contributed by atoms with Gasteiger partial charge in [0.2, 0.25) is 0 Å². The number of hydrogen-bond donors (Lipinski definition) is 2. The Morgan fingerprint density at radius 3 is 2.48 bits per heavy atom. The average molecular weight is 311 g/mol. The third kappa shape index (κ3) is 7.13. The maximum absolute atomic E-state index is 11.0. The van der Waals surface area contributed by atoms with E-state index in [2.05, 4.69) is 36.3 Å². The minimum atomic E-state index is -2.93. The average Bonchev–Trinajstić information content (AvgIpc) is 2.42. The zero-order valence-corrected chi connectivity index (χ0v) is 13.8. The molecule has 118 valence electrons. The number of guanidine groups is 1. The first kappa shape index (κ1) is 17.5. The lowest BCUT2D eigenvalue weighted by molar-refractivity contribution is 0.599. The quantitative estimate of drug-likeness (QED) is 0.460. The second-order valence-electron chi connectivity index (χ2n) is 5.31. The van der Waals surface area contributed by atoms with E-state index in [1.807, 2.05) is 12.1 Å². The fourth-order valence-electron chi connectivity index (χ4n) is 1.84. The summed E-state index contributed by atoms with van der Waals surface area (Å²) < 4.78 is 22.0. The molecule has 1 aromatic rings. The van der Waals surface area contributed by atoms with E-state index >= 15 is 0 Å². The van der Waals surface area contributed by atoms with Crippen molar-refractivity contribution >= 4 is 21.5 Å². The SMILES string of the molecule is CCC(C)c1ccc(NC(N)=NCCCS(C)(=O)=O)cc1. The molecule has 6 heteroatoms. The van der Waals surface area contributed by atoms with Crippen LogP contribution < -0.4 is 11.1 Å². The first-order valence-electron chi connectivity index (χ1n) is 7.16. The number of nitrogens with zero attached hydrogens (tertiary/aromatic N) is 1. The topological polar surface area (TPSA) is 84.5 Å². The highest BCUT2D eigenvalue weighted by atomic mass is 32.2. The van der Waals surface area contributed by atoms with Crippen molar-refractivity contribution in [2.75, 3.05) is 23.9 Å². The monoisotopic (exact) mass is 311 g/mol. The summed E-state index contributed by atoms with van der Waals surface area (Å²) in [4.78, 5) is 4.12. The Bertz CT molecular complexity index is 565. The molecule has 0 saturated heterocycles. The molecule has 3 N–H and O–H groups in total. The summed E-state index contributed by atoms with van der Waals surface area (Å²) in [5, 5.41) is 3.00. The number of hydrogen-bond acceptors (Lipinski definition) is 3. The number of nitrogens with two attached hydrogens (primary N) is 1. The number of benzene rings is 1. The van der Waals surface area contributed by atoms with Gasteiger partial charge in [0.05, 0.1) is 5.75 Å². The largest absolute Gasteiger partial charge is 0.370 e. The highest BCUT2D eigenvalue weighted by Crippen LogP contribution is 2.20. The molecule has 0 fully saturated rings. The van der Waals surface area contributed by atoms with Crippen LogP contribution in [0.5, 0.6) is 0 Å². The molecule has 0 amide bonds. The molecule has 0 aliphatic heterocycles. The molecule has 0 aliphatic rings. The lowest BCUT2D eigenvalue weighted by atomic mass is 9.99. The number of nitrogens with one attached hydrogen (secondary N) is 1. The molecule has 1 aromatic carbocycles. The van der Waals surface area contributed by atoms with Crippen LogP contribution in [0.3, 0.4) is 0 Å². The molecule has 5 nitrogen and oxygen atoms in total. The predicted molar refractivity (Wildman–Crippen MR) is 89.6 cm³/mol. The van der Waals surface area contributed by atoms with Gasteiger partial charge < -0.3 is 11.1 Å². The molecule has 0 aliphatic carbocycles. The lowest BCUT2D eigenvalue weighted by Gasteiger charge is -2.10. The predicted octanol–water partition coefficient (Wildman–Crippen LogP) is 2.36. The molecular weight excluding hydrogens is 286 g/mol. The molecule has 0 bridgehead atoms. The number of anilines is 1. The van der Waals surface area contributed by atoms with E-state index in [9.17, 15) is 8.42 Å². The van der Waals surface area contributed by atoms with E-state index in [0.29, 0.717) is 24.8 Å². The van der Waals surface area contributed by atoms with Crippen molar-refractivity contribution in [1.29, 1.82) is 0 Å². The highest BCUT2D eigenvalue weighted by molar-refractivity contribution is 7.90. The van der Waals surface area contributed by atoms with Crippen LogP contribution in [0.1, 0.15) is 38.2 Å². The number of aliphatic imine (C=N–C) groups is 1. The van der Waals surface area contributed by atoms with Crippen molar-refractivity contribution in [1.82, 2.24) is 0 Å². The Balaban J connectivity index is 2.48. The van der Waals surface area contributed by atoms with Crippen LogP contribution >= 0.6 is 0 Å². The van der Waals surface area contributed by atoms with Crippen LogP contribution in [0.15, 0.2) is 29.3 Å². The first-order valence-corrected chi connectivity index (χ1v) is 9.22. The smallest absolute Gasteiger partial charge is 0.193 e. The number of sulfone groups is 1. The Kier molecular flexibility index (Phi) is 6.68. The lowest BCUT2D eigenvalue weighted by Crippen LogP contribution is -2.23. The van der Waals surface area contributed by atoms with Crippen molar-refractivity contribution in [2.45, 2.75) is 32.6 Å². The van der Waals surface area contributed by atoms with Crippen molar-refractivity contribution in [3.05, 3.63) is 29.8 Å². The van der Waals surface area contributed by atoms with Gasteiger partial charge in [-0.15, -0.1) is 0 Å². The molecule has 0 radical (unpaired) electrons. The van der Waals surface area contributed by atoms with Crippen LogP contribution in [-0.2, 0) is 9.84 Å². The zero-order chi connectivity index (χ0) is 15.9. The van der Waals surface area contributed by atoms with E-state index in [0.717, 1.165) is 12.1 Å². The molecule has 0 aromatic heterocycles. The van der Waals surface area contributed by atoms with Gasteiger partial charge in [0.1, 0.15) is 9.84 Å². The minimum Gasteiger partial charge on any atom is -0.370 e. The summed E-state index contributed by atoms with van der Waals surface area (Å²) in [5.41, 5.74) is 7.95. The summed E-state index contributed by atoms with van der Waals surface area (Å²) in [7, 11) is -2.93. The Morgan fingerprint density at radius 2 is 1.95 bits per heavy atom. The van der Waals surface area contributed by atoms with Gasteiger partial charge in [-0.1, -0.05) is 26.0 Å². The molecule has 1 unspecified atom stereocenters. The third-order valence-corrected chi connectivity index (χ3v) is 4.35.